The lowest BCUT2D eigenvalue weighted by atomic mass is 10.00. The monoisotopic (exact) mass is 478 g/mol. The second-order valence-electron chi connectivity index (χ2n) is 7.77. The number of hydrogen-bond acceptors (Lipinski definition) is 12. The van der Waals surface area contributed by atoms with Crippen LogP contribution in [0.5, 0.6) is 34.5 Å². The summed E-state index contributed by atoms with van der Waals surface area (Å²) < 4.78 is 21.6. The molecule has 0 unspecified atom stereocenters. The zero-order valence-corrected chi connectivity index (χ0v) is 17.9. The van der Waals surface area contributed by atoms with Gasteiger partial charge in [0.2, 0.25) is 23.2 Å². The fraction of sp³-hybridized carbons (Fsp3) is 0.318. The molecule has 2 aromatic carbocycles. The minimum absolute atomic E-state index is 0.0773. The molecule has 0 aliphatic carbocycles. The second-order valence-corrected chi connectivity index (χ2v) is 7.77. The van der Waals surface area contributed by atoms with Crippen LogP contribution < -0.4 is 14.9 Å². The molecule has 1 fully saturated rings. The van der Waals surface area contributed by atoms with Crippen molar-refractivity contribution in [2.24, 2.45) is 0 Å². The Morgan fingerprint density at radius 3 is 2.12 bits per heavy atom. The number of aliphatic hydroxyl groups is 3. The number of aliphatic hydroxyl groups excluding tert-OH is 3. The Labute approximate surface area is 191 Å². The van der Waals surface area contributed by atoms with Crippen molar-refractivity contribution in [2.45, 2.75) is 37.6 Å². The highest BCUT2D eigenvalue weighted by Gasteiger charge is 2.44. The molecule has 3 aromatic rings. The van der Waals surface area contributed by atoms with Crippen molar-refractivity contribution in [3.05, 3.63) is 34.5 Å². The zero-order chi connectivity index (χ0) is 24.9. The van der Waals surface area contributed by atoms with Gasteiger partial charge in [0.15, 0.2) is 17.3 Å². The molecule has 1 aliphatic heterocycles. The molecule has 4 rings (SSSR count). The standard InChI is InChI=1S/C22H22O12/c1-7-15(27)17(29)18(30)22(32-7)34-21-16(28)14-10(24)5-9(23)6-13(14)33-19(21)8-3-11(25)20(31-2)12(26)4-8/h3-7,15,17-18,22-27,29-30H,1-2H3/t7-,15+,17-,18-,22+/m1/s1. The molecule has 1 aliphatic rings. The number of aromatic hydroxyl groups is 4. The third kappa shape index (κ3) is 3.82. The fourth-order valence-electron chi connectivity index (χ4n) is 3.73. The molecule has 0 spiro atoms. The second kappa shape index (κ2) is 8.57. The smallest absolute Gasteiger partial charge is 0.239 e. The van der Waals surface area contributed by atoms with E-state index < -0.39 is 64.9 Å². The number of benzene rings is 2. The average Bonchev–Trinajstić information content (AvgIpc) is 2.76. The maximum Gasteiger partial charge on any atom is 0.239 e. The first kappa shape index (κ1) is 23.4. The zero-order valence-electron chi connectivity index (χ0n) is 17.9. The van der Waals surface area contributed by atoms with E-state index in [2.05, 4.69) is 0 Å². The van der Waals surface area contributed by atoms with Gasteiger partial charge in [0, 0.05) is 17.7 Å². The summed E-state index contributed by atoms with van der Waals surface area (Å²) in [4.78, 5) is 13.3. The molecule has 12 heteroatoms. The third-order valence-electron chi connectivity index (χ3n) is 5.48. The summed E-state index contributed by atoms with van der Waals surface area (Å²) in [5.74, 6) is -3.30. The lowest BCUT2D eigenvalue weighted by molar-refractivity contribution is -0.268. The van der Waals surface area contributed by atoms with Crippen LogP contribution in [0, 0.1) is 0 Å². The number of fused-ring (bicyclic) bond motifs is 1. The van der Waals surface area contributed by atoms with E-state index in [1.165, 1.54) is 14.0 Å². The van der Waals surface area contributed by atoms with Crippen molar-refractivity contribution >= 4 is 11.0 Å². The average molecular weight is 478 g/mol. The lowest BCUT2D eigenvalue weighted by Crippen LogP contribution is -2.58. The maximum atomic E-state index is 13.3. The Morgan fingerprint density at radius 1 is 0.853 bits per heavy atom. The Balaban J connectivity index is 1.94. The number of phenolic OH excluding ortho intramolecular Hbond substituents is 4. The maximum absolute atomic E-state index is 13.3. The topological polar surface area (TPSA) is 200 Å². The van der Waals surface area contributed by atoms with Crippen LogP contribution in [0.15, 0.2) is 33.5 Å². The quantitative estimate of drug-likeness (QED) is 0.274. The molecule has 12 nitrogen and oxygen atoms in total. The normalized spacial score (nSPS) is 24.8. The minimum Gasteiger partial charge on any atom is -0.508 e. The van der Waals surface area contributed by atoms with Gasteiger partial charge < -0.3 is 54.4 Å². The number of phenols is 4. The van der Waals surface area contributed by atoms with E-state index in [4.69, 9.17) is 18.6 Å². The molecular formula is C22H22O12. The van der Waals surface area contributed by atoms with Gasteiger partial charge in [-0.05, 0) is 19.1 Å². The van der Waals surface area contributed by atoms with E-state index in [1.807, 2.05) is 0 Å². The molecule has 5 atom stereocenters. The van der Waals surface area contributed by atoms with E-state index >= 15 is 0 Å². The highest BCUT2D eigenvalue weighted by Crippen LogP contribution is 2.43. The summed E-state index contributed by atoms with van der Waals surface area (Å²) in [6.07, 6.45) is -7.50. The van der Waals surface area contributed by atoms with Crippen molar-refractivity contribution < 1.29 is 54.4 Å². The first-order valence-electron chi connectivity index (χ1n) is 10.0. The molecular weight excluding hydrogens is 456 g/mol. The van der Waals surface area contributed by atoms with Crippen LogP contribution in [-0.4, -0.2) is 73.6 Å². The third-order valence-corrected chi connectivity index (χ3v) is 5.48. The molecule has 2 heterocycles. The molecule has 182 valence electrons. The number of rotatable bonds is 4. The molecule has 0 saturated carbocycles. The summed E-state index contributed by atoms with van der Waals surface area (Å²) in [5, 5.41) is 70.4. The van der Waals surface area contributed by atoms with Gasteiger partial charge in [-0.2, -0.15) is 0 Å². The Hall–Kier alpha value is -3.71. The summed E-state index contributed by atoms with van der Waals surface area (Å²) in [7, 11) is 1.22. The van der Waals surface area contributed by atoms with E-state index in [0.717, 1.165) is 24.3 Å². The molecule has 1 aromatic heterocycles. The molecule has 0 bridgehead atoms. The SMILES string of the molecule is COc1c(O)cc(-c2oc3cc(O)cc(O)c3c(=O)c2O[C@@H]2O[C@H](C)[C@H](O)[C@@H](O)[C@H]2O)cc1O. The number of methoxy groups -OCH3 is 1. The first-order valence-corrected chi connectivity index (χ1v) is 10.0. The van der Waals surface area contributed by atoms with Gasteiger partial charge in [-0.15, -0.1) is 0 Å². The van der Waals surface area contributed by atoms with E-state index in [1.54, 1.807) is 0 Å². The van der Waals surface area contributed by atoms with Gasteiger partial charge in [0.05, 0.1) is 13.2 Å². The predicted molar refractivity (Wildman–Crippen MR) is 114 cm³/mol. The van der Waals surface area contributed by atoms with Crippen molar-refractivity contribution in [2.75, 3.05) is 7.11 Å². The molecule has 7 N–H and O–H groups in total. The van der Waals surface area contributed by atoms with E-state index in [0.29, 0.717) is 0 Å². The summed E-state index contributed by atoms with van der Waals surface area (Å²) in [6.45, 7) is 1.41. The largest absolute Gasteiger partial charge is 0.508 e. The van der Waals surface area contributed by atoms with Crippen molar-refractivity contribution in [3.8, 4) is 45.8 Å². The lowest BCUT2D eigenvalue weighted by Gasteiger charge is -2.38. The van der Waals surface area contributed by atoms with Gasteiger partial charge in [-0.3, -0.25) is 4.79 Å². The van der Waals surface area contributed by atoms with Crippen LogP contribution in [0.1, 0.15) is 6.92 Å². The van der Waals surface area contributed by atoms with E-state index in [-0.39, 0.29) is 28.0 Å². The summed E-state index contributed by atoms with van der Waals surface area (Å²) >= 11 is 0. The molecule has 1 saturated heterocycles. The Kier molecular flexibility index (Phi) is 5.91. The van der Waals surface area contributed by atoms with Crippen LogP contribution in [0.4, 0.5) is 0 Å². The van der Waals surface area contributed by atoms with Crippen molar-refractivity contribution in [1.29, 1.82) is 0 Å². The first-order chi connectivity index (χ1) is 16.0. The predicted octanol–water partition coefficient (Wildman–Crippen LogP) is 0.497. The van der Waals surface area contributed by atoms with Gasteiger partial charge in [-0.1, -0.05) is 0 Å². The van der Waals surface area contributed by atoms with Crippen LogP contribution >= 0.6 is 0 Å². The van der Waals surface area contributed by atoms with Crippen LogP contribution in [-0.2, 0) is 4.74 Å². The minimum atomic E-state index is -1.78. The fourth-order valence-corrected chi connectivity index (χ4v) is 3.73. The Bertz CT molecular complexity index is 1280. The highest BCUT2D eigenvalue weighted by molar-refractivity contribution is 5.88. The molecule has 34 heavy (non-hydrogen) atoms. The van der Waals surface area contributed by atoms with Crippen LogP contribution in [0.2, 0.25) is 0 Å². The highest BCUT2D eigenvalue weighted by atomic mass is 16.7. The van der Waals surface area contributed by atoms with Gasteiger partial charge in [-0.25, -0.2) is 0 Å². The van der Waals surface area contributed by atoms with Crippen molar-refractivity contribution in [1.82, 2.24) is 0 Å². The van der Waals surface area contributed by atoms with Crippen LogP contribution in [0.25, 0.3) is 22.3 Å². The summed E-state index contributed by atoms with van der Waals surface area (Å²) in [5.41, 5.74) is -1.28. The van der Waals surface area contributed by atoms with Gasteiger partial charge in [0.1, 0.15) is 40.8 Å². The number of hydrogen-bond donors (Lipinski definition) is 7. The van der Waals surface area contributed by atoms with Crippen LogP contribution in [0.3, 0.4) is 0 Å². The van der Waals surface area contributed by atoms with Crippen molar-refractivity contribution in [3.63, 3.8) is 0 Å². The summed E-state index contributed by atoms with van der Waals surface area (Å²) in [6, 6.07) is 4.15. The number of ether oxygens (including phenoxy) is 3. The molecule has 0 amide bonds. The molecule has 0 radical (unpaired) electrons. The van der Waals surface area contributed by atoms with E-state index in [9.17, 15) is 40.5 Å². The van der Waals surface area contributed by atoms with Gasteiger partial charge >= 0.3 is 0 Å². The van der Waals surface area contributed by atoms with Gasteiger partial charge in [0.25, 0.3) is 0 Å². The Morgan fingerprint density at radius 2 is 1.50 bits per heavy atom.